The van der Waals surface area contributed by atoms with E-state index in [9.17, 15) is 5.11 Å². The van der Waals surface area contributed by atoms with Gasteiger partial charge in [0.05, 0.1) is 12.1 Å². The van der Waals surface area contributed by atoms with E-state index in [2.05, 4.69) is 17.9 Å². The number of aliphatic hydroxyl groups is 1. The van der Waals surface area contributed by atoms with Crippen molar-refractivity contribution in [3.05, 3.63) is 35.9 Å². The zero-order valence-electron chi connectivity index (χ0n) is 12.0. The summed E-state index contributed by atoms with van der Waals surface area (Å²) in [4.78, 5) is 7.12. The van der Waals surface area contributed by atoms with Crippen molar-refractivity contribution in [2.24, 2.45) is 5.92 Å². The van der Waals surface area contributed by atoms with E-state index < -0.39 is 0 Å². The molecule has 1 N–H and O–H groups in total. The lowest BCUT2D eigenvalue weighted by molar-refractivity contribution is 0.280. The van der Waals surface area contributed by atoms with Gasteiger partial charge in [-0.2, -0.15) is 0 Å². The van der Waals surface area contributed by atoms with Gasteiger partial charge in [-0.1, -0.05) is 24.6 Å². The first kappa shape index (κ1) is 13.4. The van der Waals surface area contributed by atoms with Crippen LogP contribution in [0.3, 0.4) is 0 Å². The van der Waals surface area contributed by atoms with Gasteiger partial charge >= 0.3 is 0 Å². The summed E-state index contributed by atoms with van der Waals surface area (Å²) < 4.78 is 0. The largest absolute Gasteiger partial charge is 0.392 e. The second-order valence-corrected chi connectivity index (χ2v) is 5.66. The zero-order chi connectivity index (χ0) is 13.9. The fourth-order valence-electron chi connectivity index (χ4n) is 2.89. The fraction of sp³-hybridized carbons (Fsp3) is 0.471. The maximum atomic E-state index is 9.66. The Labute approximate surface area is 120 Å². The van der Waals surface area contributed by atoms with Gasteiger partial charge < -0.3 is 10.0 Å². The van der Waals surface area contributed by atoms with E-state index in [0.29, 0.717) is 0 Å². The minimum absolute atomic E-state index is 0.0499. The number of hydrogen-bond donors (Lipinski definition) is 1. The van der Waals surface area contributed by atoms with E-state index >= 15 is 0 Å². The van der Waals surface area contributed by atoms with Crippen molar-refractivity contribution in [3.8, 4) is 0 Å². The van der Waals surface area contributed by atoms with Crippen LogP contribution in [0.25, 0.3) is 10.9 Å². The van der Waals surface area contributed by atoms with Gasteiger partial charge in [0.2, 0.25) is 0 Å². The van der Waals surface area contributed by atoms with Gasteiger partial charge in [-0.05, 0) is 37.8 Å². The van der Waals surface area contributed by atoms with Crippen LogP contribution in [0.1, 0.15) is 31.7 Å². The molecule has 1 aliphatic carbocycles. The molecule has 0 saturated heterocycles. The molecule has 1 saturated carbocycles. The normalized spacial score (nSPS) is 15.3. The van der Waals surface area contributed by atoms with Crippen molar-refractivity contribution in [1.82, 2.24) is 4.98 Å². The topological polar surface area (TPSA) is 36.4 Å². The lowest BCUT2D eigenvalue weighted by atomic mass is 9.85. The molecule has 20 heavy (non-hydrogen) atoms. The van der Waals surface area contributed by atoms with Crippen LogP contribution in [-0.2, 0) is 6.61 Å². The highest BCUT2D eigenvalue weighted by Crippen LogP contribution is 2.30. The lowest BCUT2D eigenvalue weighted by Gasteiger charge is -2.33. The second kappa shape index (κ2) is 5.80. The average Bonchev–Trinajstić information content (AvgIpc) is 2.45. The summed E-state index contributed by atoms with van der Waals surface area (Å²) in [5, 5.41) is 10.8. The first-order chi connectivity index (χ1) is 9.81. The van der Waals surface area contributed by atoms with Crippen molar-refractivity contribution < 1.29 is 5.11 Å². The fourth-order valence-corrected chi connectivity index (χ4v) is 2.89. The molecule has 1 aromatic carbocycles. The van der Waals surface area contributed by atoms with E-state index in [1.165, 1.54) is 19.3 Å². The number of nitrogens with zero attached hydrogens (tertiary/aromatic N) is 2. The first-order valence-electron chi connectivity index (χ1n) is 7.56. The molecule has 106 valence electrons. The molecule has 3 rings (SSSR count). The minimum atomic E-state index is 0.0499. The van der Waals surface area contributed by atoms with E-state index in [4.69, 9.17) is 4.98 Å². The van der Waals surface area contributed by atoms with Gasteiger partial charge in [-0.15, -0.1) is 0 Å². The maximum Gasteiger partial charge on any atom is 0.134 e. The molecule has 0 radical (unpaired) electrons. The molecular weight excluding hydrogens is 248 g/mol. The molecule has 0 bridgehead atoms. The van der Waals surface area contributed by atoms with Crippen molar-refractivity contribution in [1.29, 1.82) is 0 Å². The van der Waals surface area contributed by atoms with Crippen molar-refractivity contribution >= 4 is 16.7 Å². The number of anilines is 1. The summed E-state index contributed by atoms with van der Waals surface area (Å²) >= 11 is 0. The van der Waals surface area contributed by atoms with E-state index in [1.807, 2.05) is 24.3 Å². The molecule has 0 aliphatic heterocycles. The van der Waals surface area contributed by atoms with Crippen LogP contribution in [0, 0.1) is 5.92 Å². The molecule has 1 aliphatic rings. The van der Waals surface area contributed by atoms with Gasteiger partial charge in [0.15, 0.2) is 0 Å². The predicted octanol–water partition coefficient (Wildman–Crippen LogP) is 3.35. The standard InChI is InChI=1S/C17H22N2O/c1-2-19(11-13-6-5-7-13)17-15(12-20)10-14-8-3-4-9-16(14)18-17/h3-4,8-10,13,20H,2,5-7,11-12H2,1H3. The van der Waals surface area contributed by atoms with E-state index in [0.717, 1.165) is 41.3 Å². The number of fused-ring (bicyclic) bond motifs is 1. The predicted molar refractivity (Wildman–Crippen MR) is 82.9 cm³/mol. The molecule has 1 fully saturated rings. The van der Waals surface area contributed by atoms with Crippen LogP contribution in [0.4, 0.5) is 5.82 Å². The number of para-hydroxylation sites is 1. The number of aromatic nitrogens is 1. The van der Waals surface area contributed by atoms with Gasteiger partial charge in [-0.25, -0.2) is 4.98 Å². The first-order valence-corrected chi connectivity index (χ1v) is 7.56. The smallest absolute Gasteiger partial charge is 0.134 e. The Morgan fingerprint density at radius 1 is 1.30 bits per heavy atom. The highest BCUT2D eigenvalue weighted by atomic mass is 16.3. The summed E-state index contributed by atoms with van der Waals surface area (Å²) in [5.41, 5.74) is 1.94. The third-order valence-electron chi connectivity index (χ3n) is 4.33. The van der Waals surface area contributed by atoms with Gasteiger partial charge in [-0.3, -0.25) is 0 Å². The third kappa shape index (κ3) is 2.50. The number of benzene rings is 1. The molecule has 1 aromatic heterocycles. The Bertz CT molecular complexity index is 593. The Balaban J connectivity index is 1.98. The van der Waals surface area contributed by atoms with Crippen LogP contribution < -0.4 is 4.90 Å². The third-order valence-corrected chi connectivity index (χ3v) is 4.33. The molecular formula is C17H22N2O. The number of pyridine rings is 1. The number of aliphatic hydroxyl groups excluding tert-OH is 1. The van der Waals surface area contributed by atoms with Gasteiger partial charge in [0.1, 0.15) is 5.82 Å². The second-order valence-electron chi connectivity index (χ2n) is 5.66. The summed E-state index contributed by atoms with van der Waals surface area (Å²) in [7, 11) is 0. The Hall–Kier alpha value is -1.61. The van der Waals surface area contributed by atoms with E-state index in [1.54, 1.807) is 0 Å². The molecule has 0 spiro atoms. The average molecular weight is 270 g/mol. The molecule has 0 atom stereocenters. The van der Waals surface area contributed by atoms with Crippen molar-refractivity contribution in [3.63, 3.8) is 0 Å². The molecule has 0 unspecified atom stereocenters. The maximum absolute atomic E-state index is 9.66. The lowest BCUT2D eigenvalue weighted by Crippen LogP contribution is -2.33. The summed E-state index contributed by atoms with van der Waals surface area (Å²) in [5.74, 6) is 1.76. The highest BCUT2D eigenvalue weighted by Gasteiger charge is 2.22. The SMILES string of the molecule is CCN(CC1CCC1)c1nc2ccccc2cc1CO. The number of hydrogen-bond acceptors (Lipinski definition) is 3. The van der Waals surface area contributed by atoms with Crippen LogP contribution in [0.5, 0.6) is 0 Å². The van der Waals surface area contributed by atoms with Crippen LogP contribution in [-0.4, -0.2) is 23.2 Å². The zero-order valence-corrected chi connectivity index (χ0v) is 12.0. The van der Waals surface area contributed by atoms with Crippen LogP contribution in [0.15, 0.2) is 30.3 Å². The summed E-state index contributed by atoms with van der Waals surface area (Å²) in [6.45, 7) is 4.22. The Morgan fingerprint density at radius 3 is 2.75 bits per heavy atom. The highest BCUT2D eigenvalue weighted by molar-refractivity contribution is 5.81. The van der Waals surface area contributed by atoms with Crippen LogP contribution in [0.2, 0.25) is 0 Å². The molecule has 1 heterocycles. The number of rotatable bonds is 5. The van der Waals surface area contributed by atoms with Crippen LogP contribution >= 0.6 is 0 Å². The van der Waals surface area contributed by atoms with Gasteiger partial charge in [0, 0.05) is 24.0 Å². The molecule has 0 amide bonds. The quantitative estimate of drug-likeness (QED) is 0.905. The minimum Gasteiger partial charge on any atom is -0.392 e. The summed E-state index contributed by atoms with van der Waals surface area (Å²) in [6.07, 6.45) is 4.03. The molecule has 2 aromatic rings. The van der Waals surface area contributed by atoms with Crippen molar-refractivity contribution in [2.75, 3.05) is 18.0 Å². The molecule has 3 heteroatoms. The molecule has 3 nitrogen and oxygen atoms in total. The summed E-state index contributed by atoms with van der Waals surface area (Å²) in [6, 6.07) is 10.2. The monoisotopic (exact) mass is 270 g/mol. The van der Waals surface area contributed by atoms with Crippen molar-refractivity contribution in [2.45, 2.75) is 32.8 Å². The van der Waals surface area contributed by atoms with E-state index in [-0.39, 0.29) is 6.61 Å². The Kier molecular flexibility index (Phi) is 3.88. The van der Waals surface area contributed by atoms with Gasteiger partial charge in [0.25, 0.3) is 0 Å². The Morgan fingerprint density at radius 2 is 2.10 bits per heavy atom.